The van der Waals surface area contributed by atoms with Crippen molar-refractivity contribution in [2.45, 2.75) is 45.1 Å². The van der Waals surface area contributed by atoms with Gasteiger partial charge in [0.05, 0.1) is 17.3 Å². The van der Waals surface area contributed by atoms with E-state index in [2.05, 4.69) is 5.32 Å². The summed E-state index contributed by atoms with van der Waals surface area (Å²) in [7, 11) is 0. The molecule has 0 bridgehead atoms. The fraction of sp³-hybridized carbons (Fsp3) is 0.346. The lowest BCUT2D eigenvalue weighted by Crippen LogP contribution is -2.72. The van der Waals surface area contributed by atoms with Gasteiger partial charge in [0.1, 0.15) is 11.5 Å². The number of fused-ring (bicyclic) bond motifs is 5. The molecule has 2 atom stereocenters. The Morgan fingerprint density at radius 2 is 1.80 bits per heavy atom. The number of para-hydroxylation sites is 1. The number of nitrogens with zero attached hydrogens (tertiary/aromatic N) is 4. The number of benzene rings is 1. The van der Waals surface area contributed by atoms with Gasteiger partial charge in [0.15, 0.2) is 5.41 Å². The number of aryl methyl sites for hydroxylation is 1. The van der Waals surface area contributed by atoms with E-state index in [9.17, 15) is 19.2 Å². The molecule has 0 aliphatic carbocycles. The second-order valence-corrected chi connectivity index (χ2v) is 9.55. The zero-order valence-electron chi connectivity index (χ0n) is 19.4. The molecule has 35 heavy (non-hydrogen) atoms. The van der Waals surface area contributed by atoms with E-state index >= 15 is 0 Å². The van der Waals surface area contributed by atoms with Gasteiger partial charge < -0.3 is 4.90 Å². The van der Waals surface area contributed by atoms with E-state index in [1.54, 1.807) is 42.6 Å². The maximum atomic E-state index is 14.2. The summed E-state index contributed by atoms with van der Waals surface area (Å²) in [6.45, 7) is 2.48. The molecule has 3 aromatic rings. The SMILES string of the molecule is Cc1cccn2c(=O)c3c(nc12)N1CCCCCC1C1(C3)C(=O)NC(=O)N(c2ccccc2)C1=O. The lowest BCUT2D eigenvalue weighted by atomic mass is 9.68. The van der Waals surface area contributed by atoms with Gasteiger partial charge in [0.2, 0.25) is 5.91 Å². The number of nitrogens with one attached hydrogen (secondary N) is 1. The Balaban J connectivity index is 1.60. The van der Waals surface area contributed by atoms with Crippen molar-refractivity contribution >= 4 is 35.0 Å². The fourth-order valence-electron chi connectivity index (χ4n) is 5.90. The van der Waals surface area contributed by atoms with Crippen LogP contribution in [0.5, 0.6) is 0 Å². The number of carbonyl (C=O) groups excluding carboxylic acids is 3. The summed E-state index contributed by atoms with van der Waals surface area (Å²) in [6.07, 6.45) is 4.78. The van der Waals surface area contributed by atoms with Crippen molar-refractivity contribution in [2.24, 2.45) is 5.41 Å². The van der Waals surface area contributed by atoms with Crippen LogP contribution in [-0.2, 0) is 16.0 Å². The molecule has 1 spiro atoms. The Bertz CT molecular complexity index is 1450. The molecule has 2 aromatic heterocycles. The zero-order valence-corrected chi connectivity index (χ0v) is 19.4. The topological polar surface area (TPSA) is 104 Å². The summed E-state index contributed by atoms with van der Waals surface area (Å²) in [5.41, 5.74) is 0.246. The van der Waals surface area contributed by atoms with Crippen LogP contribution in [-0.4, -0.2) is 39.8 Å². The van der Waals surface area contributed by atoms with E-state index < -0.39 is 29.3 Å². The molecule has 4 amide bonds. The van der Waals surface area contributed by atoms with Gasteiger partial charge in [-0.2, -0.15) is 0 Å². The van der Waals surface area contributed by atoms with Gasteiger partial charge >= 0.3 is 6.03 Å². The van der Waals surface area contributed by atoms with Crippen molar-refractivity contribution in [1.82, 2.24) is 14.7 Å². The molecule has 5 heterocycles. The Morgan fingerprint density at radius 1 is 1.00 bits per heavy atom. The molecule has 0 saturated carbocycles. The molecule has 1 aromatic carbocycles. The second kappa shape index (κ2) is 7.76. The van der Waals surface area contributed by atoms with E-state index in [1.165, 1.54) is 4.40 Å². The van der Waals surface area contributed by atoms with Crippen LogP contribution < -0.4 is 20.7 Å². The third-order valence-electron chi connectivity index (χ3n) is 7.60. The first kappa shape index (κ1) is 21.5. The van der Waals surface area contributed by atoms with Crippen LogP contribution in [0, 0.1) is 12.3 Å². The van der Waals surface area contributed by atoms with Crippen LogP contribution in [0.2, 0.25) is 0 Å². The third kappa shape index (κ3) is 2.97. The maximum Gasteiger partial charge on any atom is 0.335 e. The Hall–Kier alpha value is -4.01. The van der Waals surface area contributed by atoms with Crippen LogP contribution in [0.25, 0.3) is 5.65 Å². The van der Waals surface area contributed by atoms with Gasteiger partial charge in [-0.25, -0.2) is 14.7 Å². The number of urea groups is 1. The fourth-order valence-corrected chi connectivity index (χ4v) is 5.90. The first-order valence-electron chi connectivity index (χ1n) is 12.0. The number of amides is 4. The zero-order chi connectivity index (χ0) is 24.3. The molecule has 9 nitrogen and oxygen atoms in total. The summed E-state index contributed by atoms with van der Waals surface area (Å²) < 4.78 is 1.48. The van der Waals surface area contributed by atoms with Crippen molar-refractivity contribution in [3.05, 3.63) is 70.1 Å². The molecule has 2 unspecified atom stereocenters. The van der Waals surface area contributed by atoms with Crippen LogP contribution >= 0.6 is 0 Å². The van der Waals surface area contributed by atoms with Gasteiger partial charge in [-0.05, 0) is 43.5 Å². The molecule has 2 saturated heterocycles. The molecule has 2 fully saturated rings. The van der Waals surface area contributed by atoms with Crippen molar-refractivity contribution in [1.29, 1.82) is 0 Å². The first-order chi connectivity index (χ1) is 16.9. The molecule has 3 aliphatic rings. The number of hydrogen-bond donors (Lipinski definition) is 1. The average Bonchev–Trinajstić information content (AvgIpc) is 3.11. The maximum absolute atomic E-state index is 14.2. The number of imide groups is 2. The van der Waals surface area contributed by atoms with Gasteiger partial charge in [0, 0.05) is 19.2 Å². The predicted octanol–water partition coefficient (Wildman–Crippen LogP) is 2.58. The van der Waals surface area contributed by atoms with Gasteiger partial charge in [-0.15, -0.1) is 0 Å². The standard InChI is InChI=1S/C26H25N5O4/c1-16-9-8-14-30-20(16)27-21-18(22(30)32)15-26(19-12-6-3-7-13-29(19)21)23(33)28-25(35)31(24(26)34)17-10-4-2-5-11-17/h2,4-5,8-11,14,19H,3,6-7,12-13,15H2,1H3,(H,28,33,35). The van der Waals surface area contributed by atoms with Crippen molar-refractivity contribution in [2.75, 3.05) is 16.3 Å². The quantitative estimate of drug-likeness (QED) is 0.547. The van der Waals surface area contributed by atoms with Gasteiger partial charge in [0.25, 0.3) is 11.5 Å². The number of barbiturate groups is 1. The number of hydrogen-bond acceptors (Lipinski definition) is 6. The monoisotopic (exact) mass is 471 g/mol. The van der Waals surface area contributed by atoms with Crippen molar-refractivity contribution in [3.63, 3.8) is 0 Å². The highest BCUT2D eigenvalue weighted by atomic mass is 16.2. The molecule has 0 radical (unpaired) electrons. The average molecular weight is 472 g/mol. The molecule has 6 rings (SSSR count). The minimum Gasteiger partial charge on any atom is -0.352 e. The van der Waals surface area contributed by atoms with E-state index in [-0.39, 0.29) is 12.0 Å². The summed E-state index contributed by atoms with van der Waals surface area (Å²) in [4.78, 5) is 62.4. The number of rotatable bonds is 1. The molecule has 9 heteroatoms. The highest BCUT2D eigenvalue weighted by Gasteiger charge is 2.63. The first-order valence-corrected chi connectivity index (χ1v) is 12.0. The van der Waals surface area contributed by atoms with Gasteiger partial charge in [-0.1, -0.05) is 37.1 Å². The smallest absolute Gasteiger partial charge is 0.335 e. The van der Waals surface area contributed by atoms with E-state index in [1.807, 2.05) is 17.9 Å². The minimum atomic E-state index is -1.61. The summed E-state index contributed by atoms with van der Waals surface area (Å²) in [5.74, 6) is -0.685. The normalized spacial score (nSPS) is 24.3. The van der Waals surface area contributed by atoms with Crippen LogP contribution in [0.3, 0.4) is 0 Å². The summed E-state index contributed by atoms with van der Waals surface area (Å²) >= 11 is 0. The second-order valence-electron chi connectivity index (χ2n) is 9.55. The number of aromatic nitrogens is 2. The molecular weight excluding hydrogens is 446 g/mol. The molecule has 1 N–H and O–H groups in total. The Labute approximate surface area is 201 Å². The summed E-state index contributed by atoms with van der Waals surface area (Å²) in [5, 5.41) is 2.44. The molecule has 178 valence electrons. The van der Waals surface area contributed by atoms with Crippen LogP contribution in [0.15, 0.2) is 53.5 Å². The number of pyridine rings is 1. The van der Waals surface area contributed by atoms with E-state index in [0.29, 0.717) is 35.7 Å². The number of carbonyl (C=O) groups is 3. The van der Waals surface area contributed by atoms with Crippen LogP contribution in [0.4, 0.5) is 16.3 Å². The Morgan fingerprint density at radius 3 is 2.60 bits per heavy atom. The predicted molar refractivity (Wildman–Crippen MR) is 129 cm³/mol. The molecule has 3 aliphatic heterocycles. The highest BCUT2D eigenvalue weighted by molar-refractivity contribution is 6.30. The van der Waals surface area contributed by atoms with Crippen molar-refractivity contribution in [3.8, 4) is 0 Å². The van der Waals surface area contributed by atoms with Gasteiger partial charge in [-0.3, -0.25) is 24.1 Å². The largest absolute Gasteiger partial charge is 0.352 e. The lowest BCUT2D eigenvalue weighted by Gasteiger charge is -2.50. The summed E-state index contributed by atoms with van der Waals surface area (Å²) in [6, 6.07) is 11.0. The third-order valence-corrected chi connectivity index (χ3v) is 7.60. The Kier molecular flexibility index (Phi) is 4.77. The van der Waals surface area contributed by atoms with E-state index in [4.69, 9.17) is 4.98 Å². The number of anilines is 2. The van der Waals surface area contributed by atoms with Crippen LogP contribution in [0.1, 0.15) is 36.8 Å². The highest BCUT2D eigenvalue weighted by Crippen LogP contribution is 2.46. The van der Waals surface area contributed by atoms with Crippen molar-refractivity contribution < 1.29 is 14.4 Å². The van der Waals surface area contributed by atoms with E-state index in [0.717, 1.165) is 29.7 Å². The lowest BCUT2D eigenvalue weighted by molar-refractivity contribution is -0.144. The molecular formula is C26H25N5O4. The minimum absolute atomic E-state index is 0.104.